The first-order chi connectivity index (χ1) is 17.4. The smallest absolute Gasteiger partial charge is 0.337 e. The molecule has 6 nitrogen and oxygen atoms in total. The molecule has 0 spiro atoms. The minimum Gasteiger partial charge on any atom is -0.478 e. The van der Waals surface area contributed by atoms with Crippen LogP contribution >= 0.6 is 23.5 Å². The molecule has 1 amide bonds. The number of carboxylic acids is 1. The second-order valence-corrected chi connectivity index (χ2v) is 11.0. The standard InChI is InChI=1S/C27H27FN2O4S2/c1-34-18-6-8-19(9-7-18)35-20-10-12-21(13-11-20)36-25-14-5-17(16-29-25)15-24(31)30-26-22(27(32)33)3-2-4-23(26)28/h2-5,10-14,16,18-19H,6-9,15H2,1H3,(H,30,31)(H,32,33). The summed E-state index contributed by atoms with van der Waals surface area (Å²) in [6.45, 7) is 0. The molecule has 1 saturated carbocycles. The average molecular weight is 527 g/mol. The summed E-state index contributed by atoms with van der Waals surface area (Å²) in [5.74, 6) is -2.63. The van der Waals surface area contributed by atoms with Crippen LogP contribution in [0.25, 0.3) is 0 Å². The van der Waals surface area contributed by atoms with Crippen LogP contribution in [0.2, 0.25) is 0 Å². The topological polar surface area (TPSA) is 88.5 Å². The Morgan fingerprint density at radius 2 is 1.78 bits per heavy atom. The van der Waals surface area contributed by atoms with Crippen LogP contribution in [0, 0.1) is 5.82 Å². The predicted octanol–water partition coefficient (Wildman–Crippen LogP) is 6.30. The highest BCUT2D eigenvalue weighted by Gasteiger charge is 2.21. The van der Waals surface area contributed by atoms with Crippen molar-refractivity contribution in [1.82, 2.24) is 4.98 Å². The third kappa shape index (κ3) is 7.09. The molecule has 1 aliphatic rings. The van der Waals surface area contributed by atoms with Gasteiger partial charge < -0.3 is 15.2 Å². The molecule has 0 aliphatic heterocycles. The number of aromatic nitrogens is 1. The van der Waals surface area contributed by atoms with Gasteiger partial charge in [-0.3, -0.25) is 4.79 Å². The number of anilines is 1. The highest BCUT2D eigenvalue weighted by molar-refractivity contribution is 8.00. The Bertz CT molecular complexity index is 1200. The third-order valence-electron chi connectivity index (χ3n) is 5.97. The number of carbonyl (C=O) groups is 2. The van der Waals surface area contributed by atoms with E-state index in [1.807, 2.05) is 17.8 Å². The average Bonchev–Trinajstić information content (AvgIpc) is 2.88. The van der Waals surface area contributed by atoms with Gasteiger partial charge in [0.05, 0.1) is 23.8 Å². The fourth-order valence-electron chi connectivity index (χ4n) is 4.06. The molecule has 1 aliphatic carbocycles. The second kappa shape index (κ2) is 12.4. The predicted molar refractivity (Wildman–Crippen MR) is 139 cm³/mol. The number of ether oxygens (including phenoxy) is 1. The molecule has 36 heavy (non-hydrogen) atoms. The zero-order chi connectivity index (χ0) is 25.5. The molecular weight excluding hydrogens is 499 g/mol. The van der Waals surface area contributed by atoms with E-state index in [0.717, 1.165) is 28.8 Å². The maximum Gasteiger partial charge on any atom is 0.337 e. The van der Waals surface area contributed by atoms with Gasteiger partial charge in [-0.15, -0.1) is 11.8 Å². The summed E-state index contributed by atoms with van der Waals surface area (Å²) in [4.78, 5) is 30.4. The van der Waals surface area contributed by atoms with E-state index in [1.165, 1.54) is 41.6 Å². The third-order valence-corrected chi connectivity index (χ3v) is 8.28. The van der Waals surface area contributed by atoms with Gasteiger partial charge in [-0.25, -0.2) is 14.2 Å². The van der Waals surface area contributed by atoms with Crippen molar-refractivity contribution in [3.05, 3.63) is 77.7 Å². The summed E-state index contributed by atoms with van der Waals surface area (Å²) >= 11 is 3.46. The number of pyridine rings is 1. The van der Waals surface area contributed by atoms with E-state index in [1.54, 1.807) is 19.4 Å². The number of hydrogen-bond donors (Lipinski definition) is 2. The van der Waals surface area contributed by atoms with Crippen LogP contribution in [0.5, 0.6) is 0 Å². The van der Waals surface area contributed by atoms with Gasteiger partial charge in [0.25, 0.3) is 0 Å². The quantitative estimate of drug-likeness (QED) is 0.338. The number of para-hydroxylation sites is 1. The van der Waals surface area contributed by atoms with Crippen LogP contribution in [0.15, 0.2) is 75.6 Å². The molecule has 0 unspecified atom stereocenters. The number of hydrogen-bond acceptors (Lipinski definition) is 6. The van der Waals surface area contributed by atoms with Crippen molar-refractivity contribution in [2.24, 2.45) is 0 Å². The van der Waals surface area contributed by atoms with Crippen molar-refractivity contribution in [3.63, 3.8) is 0 Å². The SMILES string of the molecule is COC1CCC(Sc2ccc(Sc3ccc(CC(=O)Nc4c(F)cccc4C(=O)O)cn3)cc2)CC1. The van der Waals surface area contributed by atoms with Gasteiger partial charge in [0, 0.05) is 28.3 Å². The lowest BCUT2D eigenvalue weighted by atomic mass is 9.97. The highest BCUT2D eigenvalue weighted by atomic mass is 32.2. The number of aromatic carboxylic acids is 1. The van der Waals surface area contributed by atoms with E-state index in [0.29, 0.717) is 16.9 Å². The number of methoxy groups -OCH3 is 1. The number of nitrogens with one attached hydrogen (secondary N) is 1. The van der Waals surface area contributed by atoms with Gasteiger partial charge in [0.2, 0.25) is 5.91 Å². The van der Waals surface area contributed by atoms with E-state index in [4.69, 9.17) is 4.74 Å². The maximum absolute atomic E-state index is 14.0. The van der Waals surface area contributed by atoms with E-state index in [9.17, 15) is 19.1 Å². The van der Waals surface area contributed by atoms with Crippen molar-refractivity contribution in [1.29, 1.82) is 0 Å². The van der Waals surface area contributed by atoms with Crippen LogP contribution in [0.3, 0.4) is 0 Å². The van der Waals surface area contributed by atoms with Crippen molar-refractivity contribution in [3.8, 4) is 0 Å². The van der Waals surface area contributed by atoms with Crippen molar-refractivity contribution >= 4 is 41.1 Å². The maximum atomic E-state index is 14.0. The van der Waals surface area contributed by atoms with Crippen LogP contribution in [0.4, 0.5) is 10.1 Å². The summed E-state index contributed by atoms with van der Waals surface area (Å²) < 4.78 is 19.5. The van der Waals surface area contributed by atoms with Gasteiger partial charge in [-0.05, 0) is 73.7 Å². The van der Waals surface area contributed by atoms with E-state index < -0.39 is 17.7 Å². The molecule has 188 valence electrons. The molecule has 0 radical (unpaired) electrons. The lowest BCUT2D eigenvalue weighted by molar-refractivity contribution is -0.115. The van der Waals surface area contributed by atoms with Crippen LogP contribution in [-0.4, -0.2) is 40.4 Å². The Hall–Kier alpha value is -2.88. The number of amides is 1. The summed E-state index contributed by atoms with van der Waals surface area (Å²) in [5, 5.41) is 13.0. The van der Waals surface area contributed by atoms with Crippen LogP contribution in [-0.2, 0) is 16.0 Å². The molecular formula is C27H27FN2O4S2. The van der Waals surface area contributed by atoms with Crippen LogP contribution < -0.4 is 5.32 Å². The van der Waals surface area contributed by atoms with Crippen molar-refractivity contribution in [2.75, 3.05) is 12.4 Å². The number of rotatable bonds is 9. The number of carboxylic acid groups (broad SMARTS) is 1. The fourth-order valence-corrected chi connectivity index (χ4v) is 6.00. The zero-order valence-corrected chi connectivity index (χ0v) is 21.4. The van der Waals surface area contributed by atoms with E-state index in [2.05, 4.69) is 34.6 Å². The molecule has 0 atom stereocenters. The van der Waals surface area contributed by atoms with Gasteiger partial charge in [0.1, 0.15) is 10.8 Å². The monoisotopic (exact) mass is 526 g/mol. The molecule has 1 fully saturated rings. The first kappa shape index (κ1) is 26.2. The lowest BCUT2D eigenvalue weighted by Crippen LogP contribution is -2.21. The molecule has 2 N–H and O–H groups in total. The summed E-state index contributed by atoms with van der Waals surface area (Å²) in [7, 11) is 1.79. The largest absolute Gasteiger partial charge is 0.478 e. The number of halogens is 1. The van der Waals surface area contributed by atoms with Crippen molar-refractivity contribution < 1.29 is 23.8 Å². The first-order valence-corrected chi connectivity index (χ1v) is 13.3. The summed E-state index contributed by atoms with van der Waals surface area (Å²) in [6, 6.07) is 15.7. The Morgan fingerprint density at radius 3 is 2.42 bits per heavy atom. The molecule has 0 bridgehead atoms. The van der Waals surface area contributed by atoms with Gasteiger partial charge >= 0.3 is 5.97 Å². The van der Waals surface area contributed by atoms with Gasteiger partial charge in [-0.2, -0.15) is 0 Å². The van der Waals surface area contributed by atoms with Crippen LogP contribution in [0.1, 0.15) is 41.6 Å². The highest BCUT2D eigenvalue weighted by Crippen LogP contribution is 2.36. The number of nitrogens with zero attached hydrogens (tertiary/aromatic N) is 1. The number of thioether (sulfide) groups is 1. The normalized spacial score (nSPS) is 17.5. The molecule has 1 heterocycles. The molecule has 0 saturated heterocycles. The Balaban J connectivity index is 1.29. The second-order valence-electron chi connectivity index (χ2n) is 8.52. The first-order valence-electron chi connectivity index (χ1n) is 11.6. The number of carbonyl (C=O) groups excluding carboxylic acids is 1. The Morgan fingerprint density at radius 1 is 1.06 bits per heavy atom. The van der Waals surface area contributed by atoms with Gasteiger partial charge in [0.15, 0.2) is 0 Å². The summed E-state index contributed by atoms with van der Waals surface area (Å²) in [6.07, 6.45) is 6.55. The number of benzene rings is 2. The molecule has 3 aromatic rings. The van der Waals surface area contributed by atoms with E-state index >= 15 is 0 Å². The zero-order valence-electron chi connectivity index (χ0n) is 19.8. The molecule has 2 aromatic carbocycles. The van der Waals surface area contributed by atoms with Gasteiger partial charge in [-0.1, -0.05) is 23.9 Å². The lowest BCUT2D eigenvalue weighted by Gasteiger charge is -2.27. The Kier molecular flexibility index (Phi) is 9.01. The minimum atomic E-state index is -1.31. The van der Waals surface area contributed by atoms with E-state index in [-0.39, 0.29) is 17.7 Å². The van der Waals surface area contributed by atoms with Crippen molar-refractivity contribution in [2.45, 2.75) is 58.3 Å². The molecule has 4 rings (SSSR count). The minimum absolute atomic E-state index is 0.0520. The molecule has 9 heteroatoms. The molecule has 1 aromatic heterocycles. The fraction of sp³-hybridized carbons (Fsp3) is 0.296. The summed E-state index contributed by atoms with van der Waals surface area (Å²) in [5.41, 5.74) is 0.00974. The Labute approximate surface area is 218 Å².